The van der Waals surface area contributed by atoms with Crippen molar-refractivity contribution in [3.8, 4) is 5.75 Å². The molecular weight excluding hydrogens is 295 g/mol. The standard InChI is InChI=1S/C18H17FN2O2/c1-11-8-15-12(10-17(11)22)4-3-7-16(15)20-21-18(23)13-5-2-6-14(19)9-13/h2,5-6,8-10,22H,3-4,7H2,1H3,(H,21,23)/b20-16+. The van der Waals surface area contributed by atoms with Crippen molar-refractivity contribution in [3.63, 3.8) is 0 Å². The van der Waals surface area contributed by atoms with Crippen molar-refractivity contribution >= 4 is 11.6 Å². The Bertz CT molecular complexity index is 800. The van der Waals surface area contributed by atoms with E-state index >= 15 is 0 Å². The molecule has 1 amide bonds. The van der Waals surface area contributed by atoms with Gasteiger partial charge in [0.05, 0.1) is 5.71 Å². The summed E-state index contributed by atoms with van der Waals surface area (Å²) in [5.41, 5.74) is 6.25. The van der Waals surface area contributed by atoms with Gasteiger partial charge in [-0.2, -0.15) is 5.10 Å². The van der Waals surface area contributed by atoms with E-state index in [2.05, 4.69) is 10.5 Å². The van der Waals surface area contributed by atoms with Crippen molar-refractivity contribution in [2.75, 3.05) is 0 Å². The number of nitrogens with zero attached hydrogens (tertiary/aromatic N) is 1. The monoisotopic (exact) mass is 312 g/mol. The van der Waals surface area contributed by atoms with Gasteiger partial charge < -0.3 is 5.11 Å². The van der Waals surface area contributed by atoms with Crippen LogP contribution in [0.4, 0.5) is 4.39 Å². The molecule has 5 heteroatoms. The average molecular weight is 312 g/mol. The maximum atomic E-state index is 13.2. The number of carbonyl (C=O) groups excluding carboxylic acids is 1. The molecule has 3 rings (SSSR count). The number of hydrazone groups is 1. The zero-order valence-corrected chi connectivity index (χ0v) is 12.8. The molecule has 2 N–H and O–H groups in total. The Morgan fingerprint density at radius 3 is 2.87 bits per heavy atom. The minimum atomic E-state index is -0.459. The lowest BCUT2D eigenvalue weighted by Crippen LogP contribution is -2.22. The van der Waals surface area contributed by atoms with Crippen molar-refractivity contribution in [2.45, 2.75) is 26.2 Å². The fraction of sp³-hybridized carbons (Fsp3) is 0.222. The number of phenolic OH excluding ortho intramolecular Hbond substituents is 1. The largest absolute Gasteiger partial charge is 0.508 e. The van der Waals surface area contributed by atoms with E-state index in [0.29, 0.717) is 0 Å². The zero-order valence-electron chi connectivity index (χ0n) is 12.8. The van der Waals surface area contributed by atoms with Gasteiger partial charge in [0, 0.05) is 11.1 Å². The van der Waals surface area contributed by atoms with E-state index in [9.17, 15) is 14.3 Å². The van der Waals surface area contributed by atoms with Crippen LogP contribution in [0.25, 0.3) is 0 Å². The summed E-state index contributed by atoms with van der Waals surface area (Å²) < 4.78 is 13.2. The maximum absolute atomic E-state index is 13.2. The van der Waals surface area contributed by atoms with Gasteiger partial charge in [-0.25, -0.2) is 9.82 Å². The molecule has 1 aliphatic carbocycles. The Labute approximate surface area is 133 Å². The van der Waals surface area contributed by atoms with Crippen LogP contribution in [0.3, 0.4) is 0 Å². The normalized spacial score (nSPS) is 15.3. The van der Waals surface area contributed by atoms with Gasteiger partial charge in [-0.3, -0.25) is 4.79 Å². The molecule has 0 aliphatic heterocycles. The predicted octanol–water partition coefficient (Wildman–Crippen LogP) is 3.31. The number of aromatic hydroxyl groups is 1. The highest BCUT2D eigenvalue weighted by Crippen LogP contribution is 2.28. The third-order valence-corrected chi connectivity index (χ3v) is 3.97. The molecule has 0 unspecified atom stereocenters. The van der Waals surface area contributed by atoms with Crippen LogP contribution in [0.1, 0.15) is 39.9 Å². The summed E-state index contributed by atoms with van der Waals surface area (Å²) >= 11 is 0. The summed E-state index contributed by atoms with van der Waals surface area (Å²) in [5, 5.41) is 14.0. The summed E-state index contributed by atoms with van der Waals surface area (Å²) in [4.78, 5) is 12.0. The molecule has 0 saturated heterocycles. The Hall–Kier alpha value is -2.69. The minimum Gasteiger partial charge on any atom is -0.508 e. The first-order valence-electron chi connectivity index (χ1n) is 7.50. The molecule has 0 atom stereocenters. The highest BCUT2D eigenvalue weighted by molar-refractivity contribution is 6.04. The van der Waals surface area contributed by atoms with Crippen LogP contribution in [-0.4, -0.2) is 16.7 Å². The van der Waals surface area contributed by atoms with Crippen LogP contribution in [-0.2, 0) is 6.42 Å². The van der Waals surface area contributed by atoms with Crippen LogP contribution >= 0.6 is 0 Å². The molecule has 2 aromatic carbocycles. The van der Waals surface area contributed by atoms with E-state index in [1.807, 2.05) is 13.0 Å². The van der Waals surface area contributed by atoms with Crippen molar-refractivity contribution in [2.24, 2.45) is 5.10 Å². The second-order valence-corrected chi connectivity index (χ2v) is 5.66. The third-order valence-electron chi connectivity index (χ3n) is 3.97. The summed E-state index contributed by atoms with van der Waals surface area (Å²) in [5.74, 6) is -0.632. The lowest BCUT2D eigenvalue weighted by molar-refractivity contribution is 0.0954. The highest BCUT2D eigenvalue weighted by Gasteiger charge is 2.18. The number of fused-ring (bicyclic) bond motifs is 1. The van der Waals surface area contributed by atoms with Gasteiger partial charge in [0.2, 0.25) is 0 Å². The van der Waals surface area contributed by atoms with Crippen LogP contribution in [0.15, 0.2) is 41.5 Å². The van der Waals surface area contributed by atoms with E-state index in [0.717, 1.165) is 41.7 Å². The van der Waals surface area contributed by atoms with Crippen LogP contribution in [0.5, 0.6) is 5.75 Å². The molecule has 0 fully saturated rings. The van der Waals surface area contributed by atoms with Gasteiger partial charge in [-0.05, 0) is 67.6 Å². The third kappa shape index (κ3) is 3.23. The number of aryl methyl sites for hydroxylation is 2. The Morgan fingerprint density at radius 2 is 2.09 bits per heavy atom. The molecule has 0 bridgehead atoms. The number of hydrogen-bond donors (Lipinski definition) is 2. The quantitative estimate of drug-likeness (QED) is 0.836. The topological polar surface area (TPSA) is 61.7 Å². The fourth-order valence-corrected chi connectivity index (χ4v) is 2.72. The lowest BCUT2D eigenvalue weighted by Gasteiger charge is -2.19. The summed E-state index contributed by atoms with van der Waals surface area (Å²) in [6.45, 7) is 1.83. The van der Waals surface area contributed by atoms with E-state index in [4.69, 9.17) is 0 Å². The molecule has 0 radical (unpaired) electrons. The number of amides is 1. The molecule has 1 aliphatic rings. The van der Waals surface area contributed by atoms with Gasteiger partial charge in [0.15, 0.2) is 0 Å². The zero-order chi connectivity index (χ0) is 16.4. The van der Waals surface area contributed by atoms with Crippen molar-refractivity contribution in [3.05, 3.63) is 64.5 Å². The van der Waals surface area contributed by atoms with Gasteiger partial charge in [0.25, 0.3) is 5.91 Å². The van der Waals surface area contributed by atoms with Crippen LogP contribution in [0.2, 0.25) is 0 Å². The summed E-state index contributed by atoms with van der Waals surface area (Å²) in [6.07, 6.45) is 2.53. The fourth-order valence-electron chi connectivity index (χ4n) is 2.72. The first-order chi connectivity index (χ1) is 11.0. The predicted molar refractivity (Wildman–Crippen MR) is 86.2 cm³/mol. The molecule has 0 saturated carbocycles. The van der Waals surface area contributed by atoms with Crippen molar-refractivity contribution in [1.82, 2.24) is 5.43 Å². The number of hydrogen-bond acceptors (Lipinski definition) is 3. The number of phenols is 1. The second kappa shape index (κ2) is 6.20. The van der Waals surface area contributed by atoms with Gasteiger partial charge >= 0.3 is 0 Å². The number of carbonyl (C=O) groups is 1. The maximum Gasteiger partial charge on any atom is 0.271 e. The second-order valence-electron chi connectivity index (χ2n) is 5.66. The average Bonchev–Trinajstić information content (AvgIpc) is 2.54. The molecule has 0 heterocycles. The molecular formula is C18H17FN2O2. The number of halogens is 1. The first kappa shape index (κ1) is 15.2. The van der Waals surface area contributed by atoms with Crippen molar-refractivity contribution in [1.29, 1.82) is 0 Å². The lowest BCUT2D eigenvalue weighted by atomic mass is 9.88. The SMILES string of the molecule is Cc1cc2c(cc1O)CCC/C2=N\NC(=O)c1cccc(F)c1. The smallest absolute Gasteiger partial charge is 0.271 e. The molecule has 0 spiro atoms. The first-order valence-corrected chi connectivity index (χ1v) is 7.50. The molecule has 4 nitrogen and oxygen atoms in total. The van der Waals surface area contributed by atoms with E-state index in [1.165, 1.54) is 24.3 Å². The Morgan fingerprint density at radius 1 is 1.26 bits per heavy atom. The minimum absolute atomic E-state index is 0.229. The van der Waals surface area contributed by atoms with E-state index in [-0.39, 0.29) is 11.3 Å². The molecule has 0 aromatic heterocycles. The Balaban J connectivity index is 1.85. The van der Waals surface area contributed by atoms with E-state index < -0.39 is 11.7 Å². The number of benzene rings is 2. The molecule has 118 valence electrons. The van der Waals surface area contributed by atoms with Crippen LogP contribution in [0, 0.1) is 12.7 Å². The van der Waals surface area contributed by atoms with Gasteiger partial charge in [-0.1, -0.05) is 6.07 Å². The van der Waals surface area contributed by atoms with Gasteiger partial charge in [0.1, 0.15) is 11.6 Å². The van der Waals surface area contributed by atoms with Crippen LogP contribution < -0.4 is 5.43 Å². The number of nitrogens with one attached hydrogen (secondary N) is 1. The molecule has 2 aromatic rings. The van der Waals surface area contributed by atoms with Crippen molar-refractivity contribution < 1.29 is 14.3 Å². The van der Waals surface area contributed by atoms with E-state index in [1.54, 1.807) is 6.07 Å². The number of rotatable bonds is 2. The molecule has 23 heavy (non-hydrogen) atoms. The Kier molecular flexibility index (Phi) is 4.10. The summed E-state index contributed by atoms with van der Waals surface area (Å²) in [7, 11) is 0. The summed E-state index contributed by atoms with van der Waals surface area (Å²) in [6, 6.07) is 9.13. The van der Waals surface area contributed by atoms with Gasteiger partial charge in [-0.15, -0.1) is 0 Å². The highest BCUT2D eigenvalue weighted by atomic mass is 19.1.